The number of quaternary nitrogens is 1. The molecule has 0 aliphatic carbocycles. The van der Waals surface area contributed by atoms with E-state index in [1.165, 1.54) is 0 Å². The summed E-state index contributed by atoms with van der Waals surface area (Å²) >= 11 is 0. The molecule has 0 aliphatic rings. The lowest BCUT2D eigenvalue weighted by Gasteiger charge is -2.43. The summed E-state index contributed by atoms with van der Waals surface area (Å²) in [6.07, 6.45) is -13.9. The maximum absolute atomic E-state index is 13.9. The van der Waals surface area contributed by atoms with Crippen molar-refractivity contribution in [3.05, 3.63) is 0 Å². The Kier molecular flexibility index (Phi) is 13.1. The maximum atomic E-state index is 13.9. The van der Waals surface area contributed by atoms with Gasteiger partial charge in [-0.2, -0.15) is 74.6 Å². The Morgan fingerprint density at radius 2 is 1.10 bits per heavy atom. The molecule has 0 amide bonds. The standard InChI is InChI=1S/C19H23F17N2O3.H2O/c1-38(2,7-4-11(40)41)6-3-5-37-9-10(39)8-12(20,21)13(22,23)14(24,25)15(26,27)16(28,29)17(30,31)18(32,33)19(34,35)36;/h10,37,39H,3-9H2,1-2H3;1H2. The molecule has 0 saturated heterocycles. The average molecular weight is 668 g/mol. The molecular formula is C19H25F17N2O4. The topological polar surface area (TPSA) is 104 Å². The van der Waals surface area contributed by atoms with Crippen LogP contribution in [0.1, 0.15) is 19.3 Å². The summed E-state index contributed by atoms with van der Waals surface area (Å²) in [6.45, 7) is -1.18. The molecule has 0 heterocycles. The molecular weight excluding hydrogens is 643 g/mol. The lowest BCUT2D eigenvalue weighted by molar-refractivity contribution is -0.890. The van der Waals surface area contributed by atoms with Gasteiger partial charge in [0, 0.05) is 38.3 Å². The van der Waals surface area contributed by atoms with E-state index in [0.717, 1.165) is 0 Å². The van der Waals surface area contributed by atoms with Gasteiger partial charge in [-0.1, -0.05) is 0 Å². The Balaban J connectivity index is 0. The largest absolute Gasteiger partial charge is 0.550 e. The zero-order valence-electron chi connectivity index (χ0n) is 21.2. The van der Waals surface area contributed by atoms with Gasteiger partial charge in [0.2, 0.25) is 0 Å². The number of aliphatic carboxylic acids is 1. The molecule has 23 heteroatoms. The number of rotatable bonds is 17. The van der Waals surface area contributed by atoms with Gasteiger partial charge in [-0.25, -0.2) is 0 Å². The lowest BCUT2D eigenvalue weighted by Crippen LogP contribution is -2.74. The van der Waals surface area contributed by atoms with Crippen LogP contribution < -0.4 is 10.4 Å². The first-order chi connectivity index (χ1) is 17.8. The Labute approximate surface area is 225 Å². The fraction of sp³-hybridized carbons (Fsp3) is 0.947. The molecule has 0 aromatic rings. The highest BCUT2D eigenvalue weighted by Gasteiger charge is 2.95. The van der Waals surface area contributed by atoms with Gasteiger partial charge in [-0.3, -0.25) is 0 Å². The normalized spacial score (nSPS) is 15.8. The van der Waals surface area contributed by atoms with Gasteiger partial charge >= 0.3 is 47.6 Å². The van der Waals surface area contributed by atoms with E-state index >= 15 is 0 Å². The maximum Gasteiger partial charge on any atom is 0.460 e. The van der Waals surface area contributed by atoms with Gasteiger partial charge in [0.1, 0.15) is 0 Å². The highest BCUT2D eigenvalue weighted by Crippen LogP contribution is 2.64. The van der Waals surface area contributed by atoms with Crippen molar-refractivity contribution in [1.82, 2.24) is 5.32 Å². The first kappa shape index (κ1) is 42.3. The molecule has 4 N–H and O–H groups in total. The Morgan fingerprint density at radius 3 is 1.48 bits per heavy atom. The first-order valence-electron chi connectivity index (χ1n) is 10.9. The number of aliphatic hydroxyl groups excluding tert-OH is 1. The fourth-order valence-corrected chi connectivity index (χ4v) is 3.10. The molecule has 254 valence electrons. The fourth-order valence-electron chi connectivity index (χ4n) is 3.10. The Morgan fingerprint density at radius 1 is 0.714 bits per heavy atom. The molecule has 1 atom stereocenters. The van der Waals surface area contributed by atoms with E-state index in [1.807, 2.05) is 0 Å². The minimum atomic E-state index is -8.70. The van der Waals surface area contributed by atoms with Crippen LogP contribution in [-0.2, 0) is 4.79 Å². The number of hydrogen-bond donors (Lipinski definition) is 2. The SMILES string of the molecule is C[N+](C)(CCCNCC(O)CC(F)(F)C(F)(F)C(F)(F)C(F)(F)C(F)(F)C(F)(F)C(F)(F)C(F)(F)F)CCC(=O)[O-].O. The minimum absolute atomic E-state index is 0. The van der Waals surface area contributed by atoms with Crippen molar-refractivity contribution < 1.29 is 99.6 Å². The third kappa shape index (κ3) is 7.98. The monoisotopic (exact) mass is 668 g/mol. The number of carbonyl (C=O) groups is 1. The van der Waals surface area contributed by atoms with Crippen molar-refractivity contribution in [1.29, 1.82) is 0 Å². The second-order valence-corrected chi connectivity index (χ2v) is 9.57. The van der Waals surface area contributed by atoms with Crippen LogP contribution in [-0.4, -0.2) is 115 Å². The second-order valence-electron chi connectivity index (χ2n) is 9.57. The average Bonchev–Trinajstić information content (AvgIpc) is 2.75. The van der Waals surface area contributed by atoms with Crippen molar-refractivity contribution in [2.24, 2.45) is 0 Å². The van der Waals surface area contributed by atoms with Gasteiger partial charge in [-0.15, -0.1) is 0 Å². The first-order valence-corrected chi connectivity index (χ1v) is 10.9. The van der Waals surface area contributed by atoms with Crippen LogP contribution in [0, 0.1) is 0 Å². The highest BCUT2D eigenvalue weighted by molar-refractivity contribution is 5.64. The van der Waals surface area contributed by atoms with Gasteiger partial charge < -0.3 is 30.3 Å². The summed E-state index contributed by atoms with van der Waals surface area (Å²) < 4.78 is 225. The van der Waals surface area contributed by atoms with Gasteiger partial charge in [-0.05, 0) is 0 Å². The molecule has 0 bridgehead atoms. The van der Waals surface area contributed by atoms with E-state index in [9.17, 15) is 89.6 Å². The second kappa shape index (κ2) is 13.0. The van der Waals surface area contributed by atoms with Crippen molar-refractivity contribution in [3.8, 4) is 0 Å². The molecule has 0 fully saturated rings. The number of nitrogens with one attached hydrogen (secondary N) is 1. The number of carboxylic acid groups (broad SMARTS) is 1. The number of aliphatic hydroxyl groups is 1. The Hall–Kier alpha value is -1.88. The van der Waals surface area contributed by atoms with E-state index in [2.05, 4.69) is 5.32 Å². The third-order valence-corrected chi connectivity index (χ3v) is 5.70. The van der Waals surface area contributed by atoms with E-state index in [4.69, 9.17) is 0 Å². The summed E-state index contributed by atoms with van der Waals surface area (Å²) in [5.41, 5.74) is 0. The summed E-state index contributed by atoms with van der Waals surface area (Å²) in [5.74, 6) is -58.4. The number of carbonyl (C=O) groups excluding carboxylic acids is 1. The van der Waals surface area contributed by atoms with Crippen molar-refractivity contribution in [2.75, 3.05) is 40.3 Å². The van der Waals surface area contributed by atoms with Crippen LogP contribution in [0.2, 0.25) is 0 Å². The summed E-state index contributed by atoms with van der Waals surface area (Å²) in [6, 6.07) is 0. The number of hydrogen-bond acceptors (Lipinski definition) is 4. The van der Waals surface area contributed by atoms with Crippen LogP contribution >= 0.6 is 0 Å². The molecule has 0 aromatic carbocycles. The number of halogens is 17. The van der Waals surface area contributed by atoms with Crippen LogP contribution in [0.15, 0.2) is 0 Å². The van der Waals surface area contributed by atoms with Crippen LogP contribution in [0.3, 0.4) is 0 Å². The third-order valence-electron chi connectivity index (χ3n) is 5.70. The van der Waals surface area contributed by atoms with Gasteiger partial charge in [0.05, 0.1) is 33.3 Å². The quantitative estimate of drug-likeness (QED) is 0.141. The molecule has 0 saturated carbocycles. The lowest BCUT2D eigenvalue weighted by atomic mass is 9.87. The number of nitrogens with zero attached hydrogens (tertiary/aromatic N) is 1. The molecule has 0 spiro atoms. The Bertz CT molecular complexity index is 894. The van der Waals surface area contributed by atoms with Crippen molar-refractivity contribution in [2.45, 2.75) is 73.0 Å². The van der Waals surface area contributed by atoms with Crippen LogP contribution in [0.25, 0.3) is 0 Å². The van der Waals surface area contributed by atoms with Crippen LogP contribution in [0.5, 0.6) is 0 Å². The predicted octanol–water partition coefficient (Wildman–Crippen LogP) is 3.12. The molecule has 0 aromatic heterocycles. The summed E-state index contributed by atoms with van der Waals surface area (Å²) in [5, 5.41) is 22.0. The molecule has 6 nitrogen and oxygen atoms in total. The summed E-state index contributed by atoms with van der Waals surface area (Å²) in [4.78, 5) is 10.5. The molecule has 1 unspecified atom stereocenters. The number of carboxylic acids is 1. The predicted molar refractivity (Wildman–Crippen MR) is 104 cm³/mol. The van der Waals surface area contributed by atoms with Gasteiger partial charge in [0.15, 0.2) is 0 Å². The van der Waals surface area contributed by atoms with E-state index in [0.29, 0.717) is 0 Å². The minimum Gasteiger partial charge on any atom is -0.550 e. The van der Waals surface area contributed by atoms with E-state index in [-0.39, 0.29) is 42.4 Å². The highest BCUT2D eigenvalue weighted by atomic mass is 19.4. The van der Waals surface area contributed by atoms with Gasteiger partial charge in [0.25, 0.3) is 0 Å². The van der Waals surface area contributed by atoms with Crippen molar-refractivity contribution in [3.63, 3.8) is 0 Å². The van der Waals surface area contributed by atoms with Crippen molar-refractivity contribution >= 4 is 5.97 Å². The summed E-state index contributed by atoms with van der Waals surface area (Å²) in [7, 11) is 3.08. The molecule has 0 rings (SSSR count). The molecule has 0 radical (unpaired) electrons. The van der Waals surface area contributed by atoms with E-state index < -0.39 is 72.7 Å². The molecule has 0 aliphatic heterocycles. The zero-order chi connectivity index (χ0) is 33.3. The van der Waals surface area contributed by atoms with Crippen LogP contribution in [0.4, 0.5) is 74.6 Å². The number of alkyl halides is 17. The van der Waals surface area contributed by atoms with E-state index in [1.54, 1.807) is 14.1 Å². The zero-order valence-corrected chi connectivity index (χ0v) is 21.2. The smallest absolute Gasteiger partial charge is 0.460 e. The molecule has 42 heavy (non-hydrogen) atoms.